The summed E-state index contributed by atoms with van der Waals surface area (Å²) in [6.07, 6.45) is 6.37. The van der Waals surface area contributed by atoms with Gasteiger partial charge in [0, 0.05) is 23.6 Å². The molecule has 0 N–H and O–H groups in total. The maximum absolute atomic E-state index is 5.67. The molecule has 1 aliphatic carbocycles. The lowest BCUT2D eigenvalue weighted by Crippen LogP contribution is -1.92. The number of hydrogen-bond donors (Lipinski definition) is 0. The van der Waals surface area contributed by atoms with Crippen LogP contribution in [0.5, 0.6) is 0 Å². The number of halogens is 1. The molecule has 1 saturated carbocycles. The SMILES string of the molecule is ClCCc1csc(C2CCCC2)n1. The van der Waals surface area contributed by atoms with Crippen LogP contribution in [0.1, 0.15) is 42.3 Å². The highest BCUT2D eigenvalue weighted by molar-refractivity contribution is 7.09. The standard InChI is InChI=1S/C10H14ClNS/c11-6-5-9-7-13-10(12-9)8-3-1-2-4-8/h7-8H,1-6H2. The fourth-order valence-electron chi connectivity index (χ4n) is 1.89. The summed E-state index contributed by atoms with van der Waals surface area (Å²) in [4.78, 5) is 4.62. The lowest BCUT2D eigenvalue weighted by Gasteiger charge is -2.02. The van der Waals surface area contributed by atoms with Crippen LogP contribution in [0.3, 0.4) is 0 Å². The summed E-state index contributed by atoms with van der Waals surface area (Å²) in [5.41, 5.74) is 1.18. The first-order chi connectivity index (χ1) is 6.40. The molecule has 0 aromatic carbocycles. The minimum Gasteiger partial charge on any atom is -0.246 e. The Labute approximate surface area is 88.1 Å². The summed E-state index contributed by atoms with van der Waals surface area (Å²) in [6.45, 7) is 0. The Balaban J connectivity index is 2.03. The van der Waals surface area contributed by atoms with Gasteiger partial charge in [-0.3, -0.25) is 0 Å². The van der Waals surface area contributed by atoms with Crippen molar-refractivity contribution in [1.29, 1.82) is 0 Å². The topological polar surface area (TPSA) is 12.9 Å². The number of aromatic nitrogens is 1. The number of rotatable bonds is 3. The Morgan fingerprint density at radius 2 is 2.23 bits per heavy atom. The number of nitrogens with zero attached hydrogens (tertiary/aromatic N) is 1. The summed E-state index contributed by atoms with van der Waals surface area (Å²) in [5.74, 6) is 1.45. The maximum atomic E-state index is 5.67. The van der Waals surface area contributed by atoms with Gasteiger partial charge in [0.1, 0.15) is 0 Å². The third-order valence-electron chi connectivity index (χ3n) is 2.62. The summed E-state index contributed by atoms with van der Waals surface area (Å²) < 4.78 is 0. The predicted molar refractivity (Wildman–Crippen MR) is 57.7 cm³/mol. The van der Waals surface area contributed by atoms with Gasteiger partial charge in [-0.05, 0) is 12.8 Å². The van der Waals surface area contributed by atoms with Gasteiger partial charge in [0.2, 0.25) is 0 Å². The van der Waals surface area contributed by atoms with Crippen LogP contribution in [0.2, 0.25) is 0 Å². The van der Waals surface area contributed by atoms with Crippen molar-refractivity contribution in [2.45, 2.75) is 38.0 Å². The van der Waals surface area contributed by atoms with E-state index in [1.165, 1.54) is 36.4 Å². The monoisotopic (exact) mass is 215 g/mol. The molecule has 1 aromatic rings. The van der Waals surface area contributed by atoms with Crippen molar-refractivity contribution in [3.05, 3.63) is 16.1 Å². The van der Waals surface area contributed by atoms with Crippen LogP contribution in [-0.2, 0) is 6.42 Å². The number of hydrogen-bond acceptors (Lipinski definition) is 2. The van der Waals surface area contributed by atoms with Crippen molar-refractivity contribution in [2.24, 2.45) is 0 Å². The highest BCUT2D eigenvalue weighted by atomic mass is 35.5. The Hall–Kier alpha value is -0.0800. The van der Waals surface area contributed by atoms with E-state index >= 15 is 0 Å². The fourth-order valence-corrected chi connectivity index (χ4v) is 3.11. The van der Waals surface area contributed by atoms with Gasteiger partial charge in [0.25, 0.3) is 0 Å². The number of alkyl halides is 1. The molecular formula is C10H14ClNS. The van der Waals surface area contributed by atoms with Crippen LogP contribution >= 0.6 is 22.9 Å². The number of thiazole rings is 1. The molecule has 0 saturated heterocycles. The normalized spacial score (nSPS) is 18.2. The van der Waals surface area contributed by atoms with Gasteiger partial charge in [-0.15, -0.1) is 22.9 Å². The summed E-state index contributed by atoms with van der Waals surface area (Å²) in [7, 11) is 0. The second kappa shape index (κ2) is 4.43. The van der Waals surface area contributed by atoms with Crippen molar-refractivity contribution < 1.29 is 0 Å². The lowest BCUT2D eigenvalue weighted by molar-refractivity contribution is 0.712. The third kappa shape index (κ3) is 2.23. The molecule has 1 fully saturated rings. The summed E-state index contributed by atoms with van der Waals surface area (Å²) in [5, 5.41) is 3.51. The molecule has 2 rings (SSSR count). The van der Waals surface area contributed by atoms with Crippen LogP contribution in [0.15, 0.2) is 5.38 Å². The molecule has 0 bridgehead atoms. The van der Waals surface area contributed by atoms with E-state index < -0.39 is 0 Å². The zero-order valence-corrected chi connectivity index (χ0v) is 9.20. The molecule has 13 heavy (non-hydrogen) atoms. The average Bonchev–Trinajstić information content (AvgIpc) is 2.70. The smallest absolute Gasteiger partial charge is 0.0959 e. The van der Waals surface area contributed by atoms with Crippen LogP contribution < -0.4 is 0 Å². The summed E-state index contributed by atoms with van der Waals surface area (Å²) >= 11 is 7.49. The van der Waals surface area contributed by atoms with E-state index in [-0.39, 0.29) is 0 Å². The molecule has 1 nitrogen and oxygen atoms in total. The molecule has 3 heteroatoms. The highest BCUT2D eigenvalue weighted by Crippen LogP contribution is 2.35. The Morgan fingerprint density at radius 3 is 2.92 bits per heavy atom. The van der Waals surface area contributed by atoms with Gasteiger partial charge in [-0.2, -0.15) is 0 Å². The Morgan fingerprint density at radius 1 is 1.46 bits per heavy atom. The molecule has 0 unspecified atom stereocenters. The molecule has 1 aromatic heterocycles. The quantitative estimate of drug-likeness (QED) is 0.703. The van der Waals surface area contributed by atoms with E-state index in [0.29, 0.717) is 5.88 Å². The molecule has 1 aliphatic rings. The molecule has 0 atom stereocenters. The number of aryl methyl sites for hydroxylation is 1. The van der Waals surface area contributed by atoms with Gasteiger partial charge < -0.3 is 0 Å². The lowest BCUT2D eigenvalue weighted by atomic mass is 10.1. The van der Waals surface area contributed by atoms with Crippen molar-refractivity contribution in [3.8, 4) is 0 Å². The zero-order valence-electron chi connectivity index (χ0n) is 7.63. The highest BCUT2D eigenvalue weighted by Gasteiger charge is 2.19. The molecular weight excluding hydrogens is 202 g/mol. The van der Waals surface area contributed by atoms with Gasteiger partial charge in [-0.25, -0.2) is 4.98 Å². The van der Waals surface area contributed by atoms with Gasteiger partial charge in [0.15, 0.2) is 0 Å². The second-order valence-electron chi connectivity index (χ2n) is 3.60. The predicted octanol–water partition coefficient (Wildman–Crippen LogP) is 3.58. The van der Waals surface area contributed by atoms with E-state index in [4.69, 9.17) is 11.6 Å². The van der Waals surface area contributed by atoms with Crippen LogP contribution in [0, 0.1) is 0 Å². The van der Waals surface area contributed by atoms with Crippen molar-refractivity contribution in [2.75, 3.05) is 5.88 Å². The first-order valence-corrected chi connectivity index (χ1v) is 6.32. The third-order valence-corrected chi connectivity index (χ3v) is 3.87. The Bertz CT molecular complexity index is 266. The van der Waals surface area contributed by atoms with Crippen molar-refractivity contribution in [1.82, 2.24) is 4.98 Å². The fraction of sp³-hybridized carbons (Fsp3) is 0.700. The molecule has 0 amide bonds. The van der Waals surface area contributed by atoms with E-state index in [9.17, 15) is 0 Å². The minimum absolute atomic E-state index is 0.688. The van der Waals surface area contributed by atoms with E-state index in [0.717, 1.165) is 12.3 Å². The van der Waals surface area contributed by atoms with Crippen molar-refractivity contribution in [3.63, 3.8) is 0 Å². The zero-order chi connectivity index (χ0) is 9.10. The van der Waals surface area contributed by atoms with Gasteiger partial charge >= 0.3 is 0 Å². The first kappa shape index (κ1) is 9.47. The molecule has 0 aliphatic heterocycles. The Kier molecular flexibility index (Phi) is 3.23. The summed E-state index contributed by atoms with van der Waals surface area (Å²) in [6, 6.07) is 0. The minimum atomic E-state index is 0.688. The van der Waals surface area contributed by atoms with Crippen molar-refractivity contribution >= 4 is 22.9 Å². The van der Waals surface area contributed by atoms with E-state index in [1.54, 1.807) is 0 Å². The van der Waals surface area contributed by atoms with Crippen LogP contribution in [0.4, 0.5) is 0 Å². The van der Waals surface area contributed by atoms with E-state index in [1.807, 2.05) is 11.3 Å². The van der Waals surface area contributed by atoms with Gasteiger partial charge in [-0.1, -0.05) is 12.8 Å². The van der Waals surface area contributed by atoms with Gasteiger partial charge in [0.05, 0.1) is 10.7 Å². The molecule has 0 radical (unpaired) electrons. The van der Waals surface area contributed by atoms with Crippen LogP contribution in [0.25, 0.3) is 0 Å². The second-order valence-corrected chi connectivity index (χ2v) is 4.87. The van der Waals surface area contributed by atoms with E-state index in [2.05, 4.69) is 10.4 Å². The van der Waals surface area contributed by atoms with Crippen LogP contribution in [-0.4, -0.2) is 10.9 Å². The largest absolute Gasteiger partial charge is 0.246 e. The average molecular weight is 216 g/mol. The molecule has 0 spiro atoms. The maximum Gasteiger partial charge on any atom is 0.0959 e. The molecule has 1 heterocycles. The first-order valence-electron chi connectivity index (χ1n) is 4.90. The molecule has 72 valence electrons.